The highest BCUT2D eigenvalue weighted by molar-refractivity contribution is 5.75. The Balaban J connectivity index is 3.04. The molecule has 0 aliphatic rings. The van der Waals surface area contributed by atoms with Crippen molar-refractivity contribution in [2.45, 2.75) is 0 Å². The Kier molecular flexibility index (Phi) is 3.01. The van der Waals surface area contributed by atoms with Crippen LogP contribution in [0.5, 0.6) is 0 Å². The lowest BCUT2D eigenvalue weighted by Crippen LogP contribution is -2.17. The van der Waals surface area contributed by atoms with Gasteiger partial charge < -0.3 is 4.90 Å². The molecule has 0 unspecified atom stereocenters. The van der Waals surface area contributed by atoms with Crippen LogP contribution in [0, 0.1) is 12.7 Å². The highest BCUT2D eigenvalue weighted by Crippen LogP contribution is 2.18. The van der Waals surface area contributed by atoms with Crippen molar-refractivity contribution in [3.63, 3.8) is 0 Å². The summed E-state index contributed by atoms with van der Waals surface area (Å²) < 4.78 is 13.2. The van der Waals surface area contributed by atoms with E-state index in [2.05, 4.69) is 6.92 Å². The first-order valence-electron chi connectivity index (χ1n) is 3.94. The van der Waals surface area contributed by atoms with E-state index in [9.17, 15) is 9.18 Å². The van der Waals surface area contributed by atoms with Crippen LogP contribution in [0.2, 0.25) is 0 Å². The average Bonchev–Trinajstić information content (AvgIpc) is 2.16. The summed E-state index contributed by atoms with van der Waals surface area (Å²) in [5, 5.41) is 0. The van der Waals surface area contributed by atoms with Crippen molar-refractivity contribution in [2.24, 2.45) is 0 Å². The maximum Gasteiger partial charge on any atom is 0.150 e. The van der Waals surface area contributed by atoms with E-state index < -0.39 is 5.82 Å². The number of carbonyl (C=O) groups is 1. The van der Waals surface area contributed by atoms with E-state index >= 15 is 0 Å². The lowest BCUT2D eigenvalue weighted by atomic mass is 10.2. The summed E-state index contributed by atoms with van der Waals surface area (Å²) in [5.41, 5.74) is 0.805. The predicted octanol–water partition coefficient (Wildman–Crippen LogP) is 1.91. The smallest absolute Gasteiger partial charge is 0.150 e. The number of hydrogen-bond acceptors (Lipinski definition) is 2. The molecule has 0 fully saturated rings. The van der Waals surface area contributed by atoms with Gasteiger partial charge in [0.2, 0.25) is 0 Å². The third-order valence-corrected chi connectivity index (χ3v) is 1.85. The van der Waals surface area contributed by atoms with Crippen LogP contribution in [0.3, 0.4) is 0 Å². The van der Waals surface area contributed by atoms with Crippen molar-refractivity contribution in [3.8, 4) is 0 Å². The third kappa shape index (κ3) is 2.05. The first kappa shape index (κ1) is 9.71. The highest BCUT2D eigenvalue weighted by atomic mass is 19.1. The zero-order valence-corrected chi connectivity index (χ0v) is 7.46. The summed E-state index contributed by atoms with van der Waals surface area (Å²) in [7, 11) is 1.74. The van der Waals surface area contributed by atoms with E-state index in [1.165, 1.54) is 6.07 Å². The molecular weight excluding hydrogens is 169 g/mol. The SMILES string of the molecule is [CH2]CN(C)c1ccc(C=O)cc1F. The molecule has 0 atom stereocenters. The van der Waals surface area contributed by atoms with Crippen molar-refractivity contribution in [1.29, 1.82) is 0 Å². The molecule has 69 valence electrons. The highest BCUT2D eigenvalue weighted by Gasteiger charge is 2.05. The van der Waals surface area contributed by atoms with Crippen molar-refractivity contribution in [2.75, 3.05) is 18.5 Å². The molecule has 3 heteroatoms. The van der Waals surface area contributed by atoms with Gasteiger partial charge in [0.05, 0.1) is 5.69 Å². The van der Waals surface area contributed by atoms with Gasteiger partial charge >= 0.3 is 0 Å². The number of benzene rings is 1. The number of carbonyl (C=O) groups excluding carboxylic acids is 1. The van der Waals surface area contributed by atoms with Crippen molar-refractivity contribution < 1.29 is 9.18 Å². The fourth-order valence-electron chi connectivity index (χ4n) is 1.03. The summed E-state index contributed by atoms with van der Waals surface area (Å²) in [6.45, 7) is 4.12. The number of aldehydes is 1. The predicted molar refractivity (Wildman–Crippen MR) is 50.4 cm³/mol. The van der Waals surface area contributed by atoms with E-state index in [0.29, 0.717) is 24.1 Å². The van der Waals surface area contributed by atoms with Crippen molar-refractivity contribution in [1.82, 2.24) is 0 Å². The Hall–Kier alpha value is -1.38. The quantitative estimate of drug-likeness (QED) is 0.662. The van der Waals surface area contributed by atoms with Gasteiger partial charge in [0.1, 0.15) is 12.1 Å². The van der Waals surface area contributed by atoms with Crippen LogP contribution >= 0.6 is 0 Å². The molecule has 0 N–H and O–H groups in total. The Morgan fingerprint density at radius 3 is 2.77 bits per heavy atom. The van der Waals surface area contributed by atoms with E-state index in [4.69, 9.17) is 0 Å². The van der Waals surface area contributed by atoms with Gasteiger partial charge in [-0.1, -0.05) is 0 Å². The minimum Gasteiger partial charge on any atom is -0.372 e. The van der Waals surface area contributed by atoms with Crippen LogP contribution in [-0.2, 0) is 0 Å². The van der Waals surface area contributed by atoms with Gasteiger partial charge in [-0.15, -0.1) is 0 Å². The molecule has 0 saturated heterocycles. The topological polar surface area (TPSA) is 20.3 Å². The normalized spacial score (nSPS) is 9.77. The molecule has 2 nitrogen and oxygen atoms in total. The Morgan fingerprint density at radius 2 is 2.31 bits per heavy atom. The second-order valence-electron chi connectivity index (χ2n) is 2.75. The molecule has 0 amide bonds. The van der Waals surface area contributed by atoms with E-state index in [0.717, 1.165) is 0 Å². The van der Waals surface area contributed by atoms with Gasteiger partial charge in [-0.25, -0.2) is 4.39 Å². The van der Waals surface area contributed by atoms with Gasteiger partial charge in [0.25, 0.3) is 0 Å². The zero-order valence-electron chi connectivity index (χ0n) is 7.46. The minimum absolute atomic E-state index is 0.346. The second-order valence-corrected chi connectivity index (χ2v) is 2.75. The Labute approximate surface area is 77.0 Å². The van der Waals surface area contributed by atoms with Gasteiger partial charge in [-0.2, -0.15) is 0 Å². The maximum absolute atomic E-state index is 13.2. The van der Waals surface area contributed by atoms with Gasteiger partial charge in [0.15, 0.2) is 0 Å². The molecule has 0 spiro atoms. The van der Waals surface area contributed by atoms with Crippen LogP contribution < -0.4 is 4.90 Å². The van der Waals surface area contributed by atoms with Crippen molar-refractivity contribution in [3.05, 3.63) is 36.5 Å². The van der Waals surface area contributed by atoms with Crippen LogP contribution in [0.25, 0.3) is 0 Å². The molecule has 1 aromatic carbocycles. The van der Waals surface area contributed by atoms with Crippen LogP contribution in [-0.4, -0.2) is 19.9 Å². The van der Waals surface area contributed by atoms with Crippen LogP contribution in [0.4, 0.5) is 10.1 Å². The Bertz CT molecular complexity index is 312. The molecule has 0 aromatic heterocycles. The molecule has 1 rings (SSSR count). The number of rotatable bonds is 3. The summed E-state index contributed by atoms with van der Waals surface area (Å²) >= 11 is 0. The van der Waals surface area contributed by atoms with E-state index in [1.807, 2.05) is 0 Å². The molecular formula is C10H11FNO. The van der Waals surface area contributed by atoms with Crippen LogP contribution in [0.1, 0.15) is 10.4 Å². The number of halogens is 1. The largest absolute Gasteiger partial charge is 0.372 e. The minimum atomic E-state index is -0.393. The van der Waals surface area contributed by atoms with Crippen molar-refractivity contribution >= 4 is 12.0 Å². The van der Waals surface area contributed by atoms with Gasteiger partial charge in [-0.05, 0) is 25.1 Å². The molecule has 0 aliphatic heterocycles. The fourth-order valence-corrected chi connectivity index (χ4v) is 1.03. The molecule has 0 aliphatic carbocycles. The molecule has 13 heavy (non-hydrogen) atoms. The zero-order chi connectivity index (χ0) is 9.84. The van der Waals surface area contributed by atoms with E-state index in [-0.39, 0.29) is 0 Å². The van der Waals surface area contributed by atoms with Gasteiger partial charge in [-0.3, -0.25) is 4.79 Å². The van der Waals surface area contributed by atoms with E-state index in [1.54, 1.807) is 24.1 Å². The standard InChI is InChI=1S/C10H11FNO/c1-3-12(2)10-5-4-8(7-13)6-9(10)11/h4-7H,1,3H2,2H3. The number of hydrogen-bond donors (Lipinski definition) is 0. The summed E-state index contributed by atoms with van der Waals surface area (Å²) in [5.74, 6) is -0.393. The van der Waals surface area contributed by atoms with Gasteiger partial charge in [0, 0.05) is 19.2 Å². The number of anilines is 1. The molecule has 0 bridgehead atoms. The number of nitrogens with zero attached hydrogens (tertiary/aromatic N) is 1. The lowest BCUT2D eigenvalue weighted by molar-refractivity contribution is 0.112. The monoisotopic (exact) mass is 180 g/mol. The molecule has 1 radical (unpaired) electrons. The summed E-state index contributed by atoms with van der Waals surface area (Å²) in [6, 6.07) is 4.37. The second kappa shape index (κ2) is 4.03. The summed E-state index contributed by atoms with van der Waals surface area (Å²) in [6.07, 6.45) is 0.622. The molecule has 1 aromatic rings. The first-order valence-corrected chi connectivity index (χ1v) is 3.94. The lowest BCUT2D eigenvalue weighted by Gasteiger charge is -2.17. The van der Waals surface area contributed by atoms with Crippen LogP contribution in [0.15, 0.2) is 18.2 Å². The summed E-state index contributed by atoms with van der Waals surface area (Å²) in [4.78, 5) is 12.0. The Morgan fingerprint density at radius 1 is 1.62 bits per heavy atom. The average molecular weight is 180 g/mol. The third-order valence-electron chi connectivity index (χ3n) is 1.85. The molecule has 0 saturated carbocycles. The molecule has 0 heterocycles. The maximum atomic E-state index is 13.2. The first-order chi connectivity index (χ1) is 6.19. The fraction of sp³-hybridized carbons (Fsp3) is 0.200.